The highest BCUT2D eigenvalue weighted by atomic mass is 35.5. The number of hydrogen-bond acceptors (Lipinski definition) is 3. The molecule has 0 unspecified atom stereocenters. The van der Waals surface area contributed by atoms with Gasteiger partial charge in [0.25, 0.3) is 0 Å². The zero-order valence-electron chi connectivity index (χ0n) is 9.02. The normalized spacial score (nSPS) is 10.4. The molecule has 0 atom stereocenters. The maximum atomic E-state index is 5.97. The van der Waals surface area contributed by atoms with Crippen molar-refractivity contribution in [2.24, 2.45) is 0 Å². The lowest BCUT2D eigenvalue weighted by Crippen LogP contribution is -1.96. The molecule has 2 rings (SSSR count). The summed E-state index contributed by atoms with van der Waals surface area (Å²) < 4.78 is 0. The Kier molecular flexibility index (Phi) is 3.47. The minimum atomic E-state index is 0.491. The van der Waals surface area contributed by atoms with Crippen molar-refractivity contribution in [1.82, 2.24) is 15.0 Å². The third kappa shape index (κ3) is 2.55. The molecular weight excluding hydrogens is 222 g/mol. The van der Waals surface area contributed by atoms with E-state index in [1.54, 1.807) is 12.4 Å². The average molecular weight is 234 g/mol. The summed E-state index contributed by atoms with van der Waals surface area (Å²) in [5.74, 6) is 0.665. The van der Waals surface area contributed by atoms with Crippen molar-refractivity contribution in [3.8, 4) is 11.4 Å². The number of nitrogens with zero attached hydrogens (tertiary/aromatic N) is 3. The van der Waals surface area contributed by atoms with Crippen LogP contribution in [0, 0.1) is 0 Å². The van der Waals surface area contributed by atoms with Gasteiger partial charge < -0.3 is 0 Å². The van der Waals surface area contributed by atoms with Gasteiger partial charge in [0.05, 0.1) is 0 Å². The van der Waals surface area contributed by atoms with E-state index >= 15 is 0 Å². The van der Waals surface area contributed by atoms with Crippen molar-refractivity contribution in [3.05, 3.63) is 41.4 Å². The number of aromatic nitrogens is 3. The Balaban J connectivity index is 2.41. The predicted octanol–water partition coefficient (Wildman–Crippen LogP) is 3.14. The zero-order valence-corrected chi connectivity index (χ0v) is 9.78. The minimum Gasteiger partial charge on any atom is -0.265 e. The lowest BCUT2D eigenvalue weighted by molar-refractivity contribution is 0.875. The third-order valence-electron chi connectivity index (χ3n) is 2.19. The summed E-state index contributed by atoms with van der Waals surface area (Å²) in [5, 5.41) is 0.491. The molecule has 3 nitrogen and oxygen atoms in total. The van der Waals surface area contributed by atoms with E-state index in [1.807, 2.05) is 18.2 Å². The van der Waals surface area contributed by atoms with Crippen molar-refractivity contribution in [2.75, 3.05) is 0 Å². The first-order chi connectivity index (χ1) is 7.79. The highest BCUT2D eigenvalue weighted by Gasteiger charge is 2.04. The molecule has 0 aliphatic carbocycles. The average Bonchev–Trinajstić information content (AvgIpc) is 2.30. The zero-order chi connectivity index (χ0) is 11.4. The molecule has 0 N–H and O–H groups in total. The topological polar surface area (TPSA) is 38.7 Å². The lowest BCUT2D eigenvalue weighted by atomic mass is 10.2. The molecule has 0 aromatic carbocycles. The molecule has 0 fully saturated rings. The molecule has 82 valence electrons. The van der Waals surface area contributed by atoms with Crippen LogP contribution in [0.3, 0.4) is 0 Å². The first-order valence-electron chi connectivity index (χ1n) is 5.23. The van der Waals surface area contributed by atoms with Crippen molar-refractivity contribution in [2.45, 2.75) is 19.8 Å². The third-order valence-corrected chi connectivity index (χ3v) is 2.39. The summed E-state index contributed by atoms with van der Waals surface area (Å²) in [6, 6.07) is 5.57. The molecule has 2 heterocycles. The number of aryl methyl sites for hydroxylation is 1. The number of rotatable bonds is 3. The molecule has 0 aliphatic rings. The van der Waals surface area contributed by atoms with Crippen molar-refractivity contribution < 1.29 is 0 Å². The minimum absolute atomic E-state index is 0.491. The Morgan fingerprint density at radius 3 is 2.62 bits per heavy atom. The van der Waals surface area contributed by atoms with E-state index in [0.717, 1.165) is 24.1 Å². The molecule has 0 amide bonds. The largest absolute Gasteiger partial charge is 0.265 e. The molecule has 0 spiro atoms. The fourth-order valence-corrected chi connectivity index (χ4v) is 1.68. The summed E-state index contributed by atoms with van der Waals surface area (Å²) in [7, 11) is 0. The SMILES string of the molecule is CCCc1cc(Cl)nc(-c2ccncc2)n1. The number of hydrogen-bond donors (Lipinski definition) is 0. The Labute approximate surface area is 99.5 Å². The van der Waals surface area contributed by atoms with E-state index in [2.05, 4.69) is 21.9 Å². The maximum absolute atomic E-state index is 5.97. The van der Waals surface area contributed by atoms with E-state index in [-0.39, 0.29) is 0 Å². The van der Waals surface area contributed by atoms with Crippen molar-refractivity contribution in [1.29, 1.82) is 0 Å². The van der Waals surface area contributed by atoms with Crippen LogP contribution in [-0.2, 0) is 6.42 Å². The van der Waals surface area contributed by atoms with Crippen LogP contribution in [0.4, 0.5) is 0 Å². The van der Waals surface area contributed by atoms with Crippen LogP contribution in [0.2, 0.25) is 5.15 Å². The molecule has 2 aromatic rings. The second-order valence-electron chi connectivity index (χ2n) is 3.49. The van der Waals surface area contributed by atoms with Crippen LogP contribution < -0.4 is 0 Å². The van der Waals surface area contributed by atoms with Gasteiger partial charge in [0, 0.05) is 23.7 Å². The highest BCUT2D eigenvalue weighted by Crippen LogP contribution is 2.17. The molecule has 0 saturated heterocycles. The van der Waals surface area contributed by atoms with Gasteiger partial charge in [0.1, 0.15) is 5.15 Å². The molecule has 16 heavy (non-hydrogen) atoms. The van der Waals surface area contributed by atoms with Crippen molar-refractivity contribution >= 4 is 11.6 Å². The fraction of sp³-hybridized carbons (Fsp3) is 0.250. The van der Waals surface area contributed by atoms with Gasteiger partial charge in [0.2, 0.25) is 0 Å². The van der Waals surface area contributed by atoms with Crippen LogP contribution in [0.5, 0.6) is 0 Å². The van der Waals surface area contributed by atoms with E-state index in [4.69, 9.17) is 11.6 Å². The molecule has 4 heteroatoms. The van der Waals surface area contributed by atoms with Gasteiger partial charge in [-0.3, -0.25) is 4.98 Å². The van der Waals surface area contributed by atoms with E-state index < -0.39 is 0 Å². The second kappa shape index (κ2) is 5.03. The number of halogens is 1. The predicted molar refractivity (Wildman–Crippen MR) is 64.3 cm³/mol. The molecule has 2 aromatic heterocycles. The maximum Gasteiger partial charge on any atom is 0.161 e. The van der Waals surface area contributed by atoms with Crippen molar-refractivity contribution in [3.63, 3.8) is 0 Å². The fourth-order valence-electron chi connectivity index (χ4n) is 1.48. The first kappa shape index (κ1) is 11.0. The Bertz CT molecular complexity index is 471. The van der Waals surface area contributed by atoms with Gasteiger partial charge in [-0.2, -0.15) is 0 Å². The summed E-state index contributed by atoms with van der Waals surface area (Å²) in [6.07, 6.45) is 5.40. The van der Waals surface area contributed by atoms with E-state index in [0.29, 0.717) is 11.0 Å². The lowest BCUT2D eigenvalue weighted by Gasteiger charge is -2.03. The van der Waals surface area contributed by atoms with Crippen LogP contribution in [0.1, 0.15) is 19.0 Å². The molecule has 0 aliphatic heterocycles. The summed E-state index contributed by atoms with van der Waals surface area (Å²) >= 11 is 5.97. The van der Waals surface area contributed by atoms with Gasteiger partial charge in [-0.15, -0.1) is 0 Å². The van der Waals surface area contributed by atoms with E-state index in [1.165, 1.54) is 0 Å². The standard InChI is InChI=1S/C12H12ClN3/c1-2-3-10-8-11(13)16-12(15-10)9-4-6-14-7-5-9/h4-8H,2-3H2,1H3. The van der Waals surface area contributed by atoms with Gasteiger partial charge in [-0.05, 0) is 24.6 Å². The summed E-state index contributed by atoms with van der Waals surface area (Å²) in [6.45, 7) is 2.11. The van der Waals surface area contributed by atoms with E-state index in [9.17, 15) is 0 Å². The molecule has 0 bridgehead atoms. The summed E-state index contributed by atoms with van der Waals surface area (Å²) in [4.78, 5) is 12.6. The highest BCUT2D eigenvalue weighted by molar-refractivity contribution is 6.29. The van der Waals surface area contributed by atoms with Gasteiger partial charge >= 0.3 is 0 Å². The smallest absolute Gasteiger partial charge is 0.161 e. The number of pyridine rings is 1. The quantitative estimate of drug-likeness (QED) is 0.765. The van der Waals surface area contributed by atoms with Gasteiger partial charge in [0.15, 0.2) is 5.82 Å². The molecular formula is C12H12ClN3. The van der Waals surface area contributed by atoms with Crippen LogP contribution in [0.15, 0.2) is 30.6 Å². The van der Waals surface area contributed by atoms with Crippen LogP contribution >= 0.6 is 11.6 Å². The Hall–Kier alpha value is -1.48. The Morgan fingerprint density at radius 2 is 1.94 bits per heavy atom. The Morgan fingerprint density at radius 1 is 1.19 bits per heavy atom. The van der Waals surface area contributed by atoms with Gasteiger partial charge in [-0.25, -0.2) is 9.97 Å². The first-order valence-corrected chi connectivity index (χ1v) is 5.61. The summed E-state index contributed by atoms with van der Waals surface area (Å²) in [5.41, 5.74) is 1.92. The monoisotopic (exact) mass is 233 g/mol. The van der Waals surface area contributed by atoms with Crippen LogP contribution in [-0.4, -0.2) is 15.0 Å². The molecule has 0 radical (unpaired) electrons. The van der Waals surface area contributed by atoms with Gasteiger partial charge in [-0.1, -0.05) is 24.9 Å². The van der Waals surface area contributed by atoms with Crippen LogP contribution in [0.25, 0.3) is 11.4 Å². The second-order valence-corrected chi connectivity index (χ2v) is 3.88. The molecule has 0 saturated carbocycles.